The minimum atomic E-state index is -0.996. The Labute approximate surface area is 201 Å². The van der Waals surface area contributed by atoms with Crippen molar-refractivity contribution in [3.63, 3.8) is 0 Å². The fourth-order valence-electron chi connectivity index (χ4n) is 3.82. The largest absolute Gasteiger partial charge is 0.489 e. The van der Waals surface area contributed by atoms with Crippen LogP contribution in [0.15, 0.2) is 55.2 Å². The molecule has 1 aliphatic rings. The first kappa shape index (κ1) is 22.6. The molecule has 0 aliphatic carbocycles. The zero-order chi connectivity index (χ0) is 24.6. The molecule has 10 heteroatoms. The summed E-state index contributed by atoms with van der Waals surface area (Å²) in [6.45, 7) is 4.67. The lowest BCUT2D eigenvalue weighted by molar-refractivity contribution is 0.0283. The maximum absolute atomic E-state index is 13.3. The second-order valence-electron chi connectivity index (χ2n) is 9.04. The average Bonchev–Trinajstić information content (AvgIpc) is 3.22. The molecular formula is C25H23FN6O3. The highest BCUT2D eigenvalue weighted by molar-refractivity contribution is 5.85. The van der Waals surface area contributed by atoms with Crippen LogP contribution in [0.5, 0.6) is 11.5 Å². The van der Waals surface area contributed by atoms with Crippen LogP contribution in [0.25, 0.3) is 16.6 Å². The maximum atomic E-state index is 13.3. The van der Waals surface area contributed by atoms with Crippen LogP contribution in [0, 0.1) is 17.1 Å². The van der Waals surface area contributed by atoms with E-state index in [-0.39, 0.29) is 12.7 Å². The molecule has 0 spiro atoms. The van der Waals surface area contributed by atoms with E-state index in [0.29, 0.717) is 35.7 Å². The SMILES string of the molecule is CC(C)(O)COc1cc(-c2ccc(N3CC(Oc4cncc(F)c4)C3)nc2)c2c(C#N)cnn2c1. The predicted molar refractivity (Wildman–Crippen MR) is 126 cm³/mol. The lowest BCUT2D eigenvalue weighted by Crippen LogP contribution is -2.54. The van der Waals surface area contributed by atoms with Gasteiger partial charge in [0.2, 0.25) is 0 Å². The topological polar surface area (TPSA) is 109 Å². The number of anilines is 1. The summed E-state index contributed by atoms with van der Waals surface area (Å²) in [6.07, 6.45) is 7.48. The normalized spacial score (nSPS) is 14.0. The van der Waals surface area contributed by atoms with Gasteiger partial charge in [-0.05, 0) is 32.0 Å². The fourth-order valence-corrected chi connectivity index (χ4v) is 3.82. The van der Waals surface area contributed by atoms with Gasteiger partial charge >= 0.3 is 0 Å². The molecule has 4 aromatic rings. The predicted octanol–water partition coefficient (Wildman–Crippen LogP) is 3.22. The van der Waals surface area contributed by atoms with Crippen LogP contribution in [0.4, 0.5) is 10.2 Å². The molecule has 9 nitrogen and oxygen atoms in total. The highest BCUT2D eigenvalue weighted by atomic mass is 19.1. The van der Waals surface area contributed by atoms with E-state index in [2.05, 4.69) is 26.0 Å². The first-order valence-electron chi connectivity index (χ1n) is 11.0. The first-order chi connectivity index (χ1) is 16.8. The van der Waals surface area contributed by atoms with Gasteiger partial charge in [0.1, 0.15) is 41.9 Å². The van der Waals surface area contributed by atoms with Crippen LogP contribution in [-0.4, -0.2) is 56.1 Å². The molecule has 0 bridgehead atoms. The van der Waals surface area contributed by atoms with Gasteiger partial charge in [-0.1, -0.05) is 0 Å². The molecule has 5 rings (SSSR count). The highest BCUT2D eigenvalue weighted by Crippen LogP contribution is 2.32. The Balaban J connectivity index is 1.35. The molecule has 1 saturated heterocycles. The molecule has 4 aromatic heterocycles. The van der Waals surface area contributed by atoms with Gasteiger partial charge in [-0.3, -0.25) is 4.98 Å². The second-order valence-corrected chi connectivity index (χ2v) is 9.04. The summed E-state index contributed by atoms with van der Waals surface area (Å²) in [5.41, 5.74) is 1.63. The van der Waals surface area contributed by atoms with E-state index >= 15 is 0 Å². The lowest BCUT2D eigenvalue weighted by Gasteiger charge is -2.39. The summed E-state index contributed by atoms with van der Waals surface area (Å²) in [5.74, 6) is 1.27. The molecule has 178 valence electrons. The minimum absolute atomic E-state index is 0.0747. The van der Waals surface area contributed by atoms with E-state index in [1.165, 1.54) is 18.5 Å². The van der Waals surface area contributed by atoms with Crippen molar-refractivity contribution in [3.8, 4) is 28.7 Å². The van der Waals surface area contributed by atoms with Gasteiger partial charge < -0.3 is 19.5 Å². The molecule has 1 aliphatic heterocycles. The summed E-state index contributed by atoms with van der Waals surface area (Å²) >= 11 is 0. The van der Waals surface area contributed by atoms with Crippen molar-refractivity contribution in [2.45, 2.75) is 25.6 Å². The van der Waals surface area contributed by atoms with E-state index in [4.69, 9.17) is 9.47 Å². The standard InChI is InChI=1S/C25H23FN6O3/c1-25(2,33)15-34-20-6-22(24-17(7-27)9-30-32(24)14-20)16-3-4-23(29-8-16)31-12-21(13-31)35-19-5-18(26)10-28-11-19/h3-6,8-11,14,21,33H,12-13,15H2,1-2H3. The number of nitriles is 1. The van der Waals surface area contributed by atoms with Gasteiger partial charge in [-0.15, -0.1) is 0 Å². The van der Waals surface area contributed by atoms with Gasteiger partial charge in [0.25, 0.3) is 0 Å². The van der Waals surface area contributed by atoms with Crippen LogP contribution >= 0.6 is 0 Å². The quantitative estimate of drug-likeness (QED) is 0.435. The molecule has 0 saturated carbocycles. The molecule has 0 atom stereocenters. The minimum Gasteiger partial charge on any atom is -0.489 e. The van der Waals surface area contributed by atoms with Crippen molar-refractivity contribution < 1.29 is 19.0 Å². The van der Waals surface area contributed by atoms with E-state index in [1.54, 1.807) is 30.8 Å². The van der Waals surface area contributed by atoms with Gasteiger partial charge in [-0.2, -0.15) is 10.4 Å². The van der Waals surface area contributed by atoms with Gasteiger partial charge in [0, 0.05) is 23.4 Å². The summed E-state index contributed by atoms with van der Waals surface area (Å²) in [7, 11) is 0. The van der Waals surface area contributed by atoms with Gasteiger partial charge in [0.05, 0.1) is 54.6 Å². The van der Waals surface area contributed by atoms with E-state index < -0.39 is 11.4 Å². The maximum Gasteiger partial charge on any atom is 0.145 e. The van der Waals surface area contributed by atoms with Crippen molar-refractivity contribution in [2.24, 2.45) is 0 Å². The Bertz CT molecular complexity index is 1400. The number of ether oxygens (including phenoxy) is 2. The van der Waals surface area contributed by atoms with Crippen molar-refractivity contribution in [3.05, 3.63) is 66.6 Å². The van der Waals surface area contributed by atoms with Crippen molar-refractivity contribution in [2.75, 3.05) is 24.6 Å². The van der Waals surface area contributed by atoms with Crippen molar-refractivity contribution in [1.29, 1.82) is 5.26 Å². The van der Waals surface area contributed by atoms with Crippen LogP contribution in [0.1, 0.15) is 19.4 Å². The Hall–Kier alpha value is -4.23. The molecule has 0 amide bonds. The van der Waals surface area contributed by atoms with Crippen molar-refractivity contribution in [1.82, 2.24) is 19.6 Å². The number of hydrogen-bond acceptors (Lipinski definition) is 8. The third-order valence-electron chi connectivity index (χ3n) is 5.51. The zero-order valence-electron chi connectivity index (χ0n) is 19.2. The van der Waals surface area contributed by atoms with Crippen LogP contribution in [0.2, 0.25) is 0 Å². The van der Waals surface area contributed by atoms with E-state index in [1.807, 2.05) is 18.2 Å². The number of fused-ring (bicyclic) bond motifs is 1. The fraction of sp³-hybridized carbons (Fsp3) is 0.280. The number of halogens is 1. The third kappa shape index (κ3) is 4.85. The molecule has 35 heavy (non-hydrogen) atoms. The lowest BCUT2D eigenvalue weighted by atomic mass is 10.0. The summed E-state index contributed by atoms with van der Waals surface area (Å²) in [4.78, 5) is 10.5. The summed E-state index contributed by atoms with van der Waals surface area (Å²) < 4.78 is 26.4. The van der Waals surface area contributed by atoms with E-state index in [9.17, 15) is 14.8 Å². The monoisotopic (exact) mass is 474 g/mol. The zero-order valence-corrected chi connectivity index (χ0v) is 19.2. The molecule has 0 radical (unpaired) electrons. The molecule has 0 aromatic carbocycles. The van der Waals surface area contributed by atoms with E-state index in [0.717, 1.165) is 23.1 Å². The highest BCUT2D eigenvalue weighted by Gasteiger charge is 2.29. The molecular weight excluding hydrogens is 451 g/mol. The Morgan fingerprint density at radius 3 is 2.69 bits per heavy atom. The number of rotatable bonds is 7. The number of aliphatic hydroxyl groups is 1. The number of hydrogen-bond donors (Lipinski definition) is 1. The summed E-state index contributed by atoms with van der Waals surface area (Å²) in [5, 5.41) is 23.8. The molecule has 1 fully saturated rings. The Morgan fingerprint density at radius 2 is 2.00 bits per heavy atom. The van der Waals surface area contributed by atoms with Crippen LogP contribution in [0.3, 0.4) is 0 Å². The summed E-state index contributed by atoms with van der Waals surface area (Å²) in [6, 6.07) is 9.14. The number of pyridine rings is 3. The molecule has 0 unspecified atom stereocenters. The molecule has 1 N–H and O–H groups in total. The number of nitrogens with zero attached hydrogens (tertiary/aromatic N) is 6. The van der Waals surface area contributed by atoms with Gasteiger partial charge in [-0.25, -0.2) is 13.9 Å². The van der Waals surface area contributed by atoms with Crippen molar-refractivity contribution >= 4 is 11.3 Å². The van der Waals surface area contributed by atoms with Gasteiger partial charge in [0.15, 0.2) is 0 Å². The Kier molecular flexibility index (Phi) is 5.70. The molecule has 5 heterocycles. The van der Waals surface area contributed by atoms with Crippen LogP contribution < -0.4 is 14.4 Å². The third-order valence-corrected chi connectivity index (χ3v) is 5.51. The first-order valence-corrected chi connectivity index (χ1v) is 11.0. The average molecular weight is 474 g/mol. The Morgan fingerprint density at radius 1 is 1.17 bits per heavy atom. The second kappa shape index (κ2) is 8.85. The van der Waals surface area contributed by atoms with Crippen LogP contribution in [-0.2, 0) is 0 Å². The number of aromatic nitrogens is 4. The smallest absolute Gasteiger partial charge is 0.145 e.